The maximum atomic E-state index is 11.8. The molecule has 1 N–H and O–H groups in total. The summed E-state index contributed by atoms with van der Waals surface area (Å²) in [7, 11) is -3.41. The minimum absolute atomic E-state index is 0.142. The minimum atomic E-state index is -3.41. The van der Waals surface area contributed by atoms with E-state index in [1.165, 1.54) is 4.31 Å². The summed E-state index contributed by atoms with van der Waals surface area (Å²) in [6.07, 6.45) is 0.553. The Hall–Kier alpha value is -1.31. The maximum Gasteiger partial charge on any atom is 0.407 e. The second-order valence-corrected chi connectivity index (χ2v) is 6.72. The second-order valence-electron chi connectivity index (χ2n) is 4.34. The first-order valence-electron chi connectivity index (χ1n) is 6.43. The lowest BCUT2D eigenvalue weighted by Gasteiger charge is -2.20. The fourth-order valence-corrected chi connectivity index (χ4v) is 2.64. The molecule has 1 amide bonds. The van der Waals surface area contributed by atoms with Crippen molar-refractivity contribution in [2.24, 2.45) is 0 Å². The molecule has 0 saturated carbocycles. The summed E-state index contributed by atoms with van der Waals surface area (Å²) in [6, 6.07) is 7.03. The van der Waals surface area contributed by atoms with Gasteiger partial charge in [-0.3, -0.25) is 0 Å². The third kappa shape index (κ3) is 6.33. The van der Waals surface area contributed by atoms with Crippen molar-refractivity contribution in [3.05, 3.63) is 34.9 Å². The van der Waals surface area contributed by atoms with E-state index in [9.17, 15) is 13.2 Å². The fraction of sp³-hybridized carbons (Fsp3) is 0.462. The van der Waals surface area contributed by atoms with Gasteiger partial charge in [-0.05, 0) is 18.6 Å². The molecule has 1 rings (SSSR count). The summed E-state index contributed by atoms with van der Waals surface area (Å²) in [5.41, 5.74) is 0.709. The van der Waals surface area contributed by atoms with E-state index in [2.05, 4.69) is 5.32 Å². The first-order valence-corrected chi connectivity index (χ1v) is 8.66. The number of hydrogen-bond donors (Lipinski definition) is 1. The van der Waals surface area contributed by atoms with E-state index in [4.69, 9.17) is 16.3 Å². The number of amides is 1. The number of hydrogen-bond acceptors (Lipinski definition) is 4. The normalized spacial score (nSPS) is 11.4. The molecular weight excluding hydrogens is 316 g/mol. The van der Waals surface area contributed by atoms with Crippen molar-refractivity contribution in [1.82, 2.24) is 9.62 Å². The van der Waals surface area contributed by atoms with Gasteiger partial charge in [0, 0.05) is 24.7 Å². The predicted molar refractivity (Wildman–Crippen MR) is 81.7 cm³/mol. The first-order chi connectivity index (χ1) is 9.84. The molecule has 0 heterocycles. The van der Waals surface area contributed by atoms with Gasteiger partial charge in [-0.2, -0.15) is 4.31 Å². The minimum Gasteiger partial charge on any atom is -0.450 e. The van der Waals surface area contributed by atoms with Crippen LogP contribution in [0.3, 0.4) is 0 Å². The quantitative estimate of drug-likeness (QED) is 0.825. The van der Waals surface area contributed by atoms with Crippen LogP contribution < -0.4 is 5.32 Å². The van der Waals surface area contributed by atoms with E-state index in [0.29, 0.717) is 10.6 Å². The molecule has 0 bridgehead atoms. The SMILES string of the molecule is CCOC(=O)NCCN(Cc1ccccc1Cl)S(C)(=O)=O. The van der Waals surface area contributed by atoms with Crippen molar-refractivity contribution in [3.63, 3.8) is 0 Å². The number of benzene rings is 1. The fourth-order valence-electron chi connectivity index (χ4n) is 1.64. The van der Waals surface area contributed by atoms with Gasteiger partial charge >= 0.3 is 6.09 Å². The van der Waals surface area contributed by atoms with Crippen LogP contribution in [0.4, 0.5) is 4.79 Å². The molecule has 0 aliphatic carbocycles. The van der Waals surface area contributed by atoms with Crippen molar-refractivity contribution < 1.29 is 17.9 Å². The summed E-state index contributed by atoms with van der Waals surface area (Å²) in [5.74, 6) is 0. The van der Waals surface area contributed by atoms with Crippen molar-refractivity contribution >= 4 is 27.7 Å². The zero-order valence-corrected chi connectivity index (χ0v) is 13.6. The maximum absolute atomic E-state index is 11.8. The number of alkyl carbamates (subject to hydrolysis) is 1. The second kappa shape index (κ2) is 8.21. The van der Waals surface area contributed by atoms with Crippen molar-refractivity contribution in [1.29, 1.82) is 0 Å². The molecule has 8 heteroatoms. The summed E-state index contributed by atoms with van der Waals surface area (Å²) in [6.45, 7) is 2.42. The Morgan fingerprint density at radius 2 is 2.05 bits per heavy atom. The standard InChI is InChI=1S/C13H19ClN2O4S/c1-3-20-13(17)15-8-9-16(21(2,18)19)10-11-6-4-5-7-12(11)14/h4-7H,3,8-10H2,1-2H3,(H,15,17). The van der Waals surface area contributed by atoms with Crippen LogP contribution in [0.2, 0.25) is 5.02 Å². The van der Waals surface area contributed by atoms with Gasteiger partial charge in [0.15, 0.2) is 0 Å². The average molecular weight is 335 g/mol. The monoisotopic (exact) mass is 334 g/mol. The lowest BCUT2D eigenvalue weighted by atomic mass is 10.2. The Labute approximate surface area is 130 Å². The summed E-state index contributed by atoms with van der Waals surface area (Å²) in [5, 5.41) is 2.99. The predicted octanol–water partition coefficient (Wildman–Crippen LogP) is 1.85. The molecule has 0 atom stereocenters. The van der Waals surface area contributed by atoms with E-state index < -0.39 is 16.1 Å². The molecule has 0 aliphatic rings. The van der Waals surface area contributed by atoms with E-state index in [1.807, 2.05) is 0 Å². The Kier molecular flexibility index (Phi) is 6.94. The number of ether oxygens (including phenoxy) is 1. The lowest BCUT2D eigenvalue weighted by Crippen LogP contribution is -2.37. The van der Waals surface area contributed by atoms with E-state index in [0.717, 1.165) is 6.26 Å². The van der Waals surface area contributed by atoms with Crippen molar-refractivity contribution in [2.75, 3.05) is 26.0 Å². The van der Waals surface area contributed by atoms with E-state index in [-0.39, 0.29) is 26.2 Å². The number of nitrogens with zero attached hydrogens (tertiary/aromatic N) is 1. The summed E-state index contributed by atoms with van der Waals surface area (Å²) in [4.78, 5) is 11.2. The van der Waals surface area contributed by atoms with Crippen LogP contribution in [0.5, 0.6) is 0 Å². The van der Waals surface area contributed by atoms with Crippen LogP contribution in [-0.4, -0.2) is 44.8 Å². The number of carbonyl (C=O) groups excluding carboxylic acids is 1. The Morgan fingerprint density at radius 3 is 2.62 bits per heavy atom. The van der Waals surface area contributed by atoms with Gasteiger partial charge < -0.3 is 10.1 Å². The molecule has 0 radical (unpaired) electrons. The summed E-state index contributed by atoms with van der Waals surface area (Å²) < 4.78 is 29.5. The van der Waals surface area contributed by atoms with Crippen LogP contribution in [0.15, 0.2) is 24.3 Å². The molecule has 1 aromatic carbocycles. The molecule has 0 unspecified atom stereocenters. The van der Waals surface area contributed by atoms with Crippen LogP contribution in [0, 0.1) is 0 Å². The first kappa shape index (κ1) is 17.7. The van der Waals surface area contributed by atoms with Gasteiger partial charge in [0.1, 0.15) is 0 Å². The molecule has 1 aromatic rings. The number of halogens is 1. The molecule has 0 saturated heterocycles. The highest BCUT2D eigenvalue weighted by Crippen LogP contribution is 2.18. The topological polar surface area (TPSA) is 75.7 Å². The van der Waals surface area contributed by atoms with Gasteiger partial charge in [0.25, 0.3) is 0 Å². The van der Waals surface area contributed by atoms with Gasteiger partial charge in [0.2, 0.25) is 10.0 Å². The van der Waals surface area contributed by atoms with Crippen LogP contribution in [0.25, 0.3) is 0 Å². The molecule has 0 aliphatic heterocycles. The average Bonchev–Trinajstić information content (AvgIpc) is 2.39. The van der Waals surface area contributed by atoms with Gasteiger partial charge in [-0.25, -0.2) is 13.2 Å². The van der Waals surface area contributed by atoms with Crippen molar-refractivity contribution in [3.8, 4) is 0 Å². The molecular formula is C13H19ClN2O4S. The Morgan fingerprint density at radius 1 is 1.38 bits per heavy atom. The van der Waals surface area contributed by atoms with E-state index in [1.54, 1.807) is 31.2 Å². The smallest absolute Gasteiger partial charge is 0.407 e. The number of nitrogens with one attached hydrogen (secondary N) is 1. The number of sulfonamides is 1. The molecule has 6 nitrogen and oxygen atoms in total. The van der Waals surface area contributed by atoms with Crippen molar-refractivity contribution in [2.45, 2.75) is 13.5 Å². The third-order valence-electron chi connectivity index (χ3n) is 2.68. The zero-order chi connectivity index (χ0) is 15.9. The third-order valence-corrected chi connectivity index (χ3v) is 4.30. The highest BCUT2D eigenvalue weighted by molar-refractivity contribution is 7.88. The van der Waals surface area contributed by atoms with E-state index >= 15 is 0 Å². The highest BCUT2D eigenvalue weighted by Gasteiger charge is 2.18. The Balaban J connectivity index is 2.66. The molecule has 118 valence electrons. The Bertz CT molecular complexity index is 577. The molecule has 0 aromatic heterocycles. The highest BCUT2D eigenvalue weighted by atomic mass is 35.5. The number of rotatable bonds is 7. The summed E-state index contributed by atoms with van der Waals surface area (Å²) >= 11 is 6.03. The molecule has 21 heavy (non-hydrogen) atoms. The van der Waals surface area contributed by atoms with Crippen LogP contribution >= 0.6 is 11.6 Å². The number of carbonyl (C=O) groups is 1. The largest absolute Gasteiger partial charge is 0.450 e. The molecule has 0 fully saturated rings. The molecule has 0 spiro atoms. The van der Waals surface area contributed by atoms with Gasteiger partial charge in [-0.1, -0.05) is 29.8 Å². The van der Waals surface area contributed by atoms with Gasteiger partial charge in [-0.15, -0.1) is 0 Å². The van der Waals surface area contributed by atoms with Crippen LogP contribution in [-0.2, 0) is 21.3 Å². The van der Waals surface area contributed by atoms with Crippen LogP contribution in [0.1, 0.15) is 12.5 Å². The van der Waals surface area contributed by atoms with Gasteiger partial charge in [0.05, 0.1) is 12.9 Å². The lowest BCUT2D eigenvalue weighted by molar-refractivity contribution is 0.151. The zero-order valence-electron chi connectivity index (χ0n) is 12.0.